The van der Waals surface area contributed by atoms with Crippen LogP contribution in [0.3, 0.4) is 0 Å². The summed E-state index contributed by atoms with van der Waals surface area (Å²) in [7, 11) is 0. The minimum Gasteiger partial charge on any atom is -0.378 e. The van der Waals surface area contributed by atoms with Crippen molar-refractivity contribution in [3.63, 3.8) is 0 Å². The van der Waals surface area contributed by atoms with E-state index in [1.807, 2.05) is 12.1 Å². The molecule has 1 unspecified atom stereocenters. The quantitative estimate of drug-likeness (QED) is 0.762. The number of benzene rings is 2. The molecule has 1 aliphatic carbocycles. The van der Waals surface area contributed by atoms with Crippen molar-refractivity contribution < 1.29 is 0 Å². The monoisotopic (exact) mass is 335 g/mol. The highest BCUT2D eigenvalue weighted by Crippen LogP contribution is 2.38. The summed E-state index contributed by atoms with van der Waals surface area (Å²) in [6.45, 7) is 2.09. The molecule has 0 heterocycles. The van der Waals surface area contributed by atoms with Gasteiger partial charge >= 0.3 is 0 Å². The van der Waals surface area contributed by atoms with Crippen LogP contribution in [0.1, 0.15) is 29.2 Å². The first kappa shape index (κ1) is 13.0. The number of nitrogens with one attached hydrogen (secondary N) is 1. The Morgan fingerprint density at radius 3 is 2.89 bits per heavy atom. The average Bonchev–Trinajstić information content (AvgIpc) is 2.78. The molecule has 3 heteroatoms. The van der Waals surface area contributed by atoms with Gasteiger partial charge in [-0.3, -0.25) is 0 Å². The molecule has 0 saturated carbocycles. The van der Waals surface area contributed by atoms with Gasteiger partial charge in [-0.05, 0) is 60.7 Å². The summed E-state index contributed by atoms with van der Waals surface area (Å²) < 4.78 is 1.22. The van der Waals surface area contributed by atoms with Gasteiger partial charge in [-0.2, -0.15) is 0 Å². The third-order valence-electron chi connectivity index (χ3n) is 3.73. The van der Waals surface area contributed by atoms with E-state index < -0.39 is 0 Å². The van der Waals surface area contributed by atoms with Crippen molar-refractivity contribution in [3.8, 4) is 0 Å². The first-order chi connectivity index (χ1) is 9.15. The van der Waals surface area contributed by atoms with E-state index in [4.69, 9.17) is 11.6 Å². The first-order valence-corrected chi connectivity index (χ1v) is 7.62. The fourth-order valence-corrected chi connectivity index (χ4v) is 3.54. The van der Waals surface area contributed by atoms with Crippen molar-refractivity contribution in [2.45, 2.75) is 25.8 Å². The molecule has 1 aliphatic rings. The van der Waals surface area contributed by atoms with E-state index in [9.17, 15) is 0 Å². The van der Waals surface area contributed by atoms with Crippen molar-refractivity contribution >= 4 is 33.2 Å². The zero-order valence-corrected chi connectivity index (χ0v) is 13.1. The third-order valence-corrected chi connectivity index (χ3v) is 4.71. The average molecular weight is 337 g/mol. The zero-order valence-electron chi connectivity index (χ0n) is 10.7. The molecular formula is C16H15BrClN. The van der Waals surface area contributed by atoms with E-state index in [1.54, 1.807) is 0 Å². The molecule has 0 amide bonds. The summed E-state index contributed by atoms with van der Waals surface area (Å²) in [5.41, 5.74) is 5.20. The lowest BCUT2D eigenvalue weighted by Crippen LogP contribution is -2.08. The summed E-state index contributed by atoms with van der Waals surface area (Å²) in [6.07, 6.45) is 2.26. The Morgan fingerprint density at radius 2 is 2.11 bits per heavy atom. The molecule has 1 atom stereocenters. The SMILES string of the molecule is Cc1cc(Cl)ccc1NC1CCc2c(Br)cccc21. The van der Waals surface area contributed by atoms with Gasteiger partial charge in [0.15, 0.2) is 0 Å². The molecule has 98 valence electrons. The highest BCUT2D eigenvalue weighted by atomic mass is 79.9. The molecule has 2 aromatic rings. The van der Waals surface area contributed by atoms with E-state index in [0.29, 0.717) is 6.04 Å². The second-order valence-corrected chi connectivity index (χ2v) is 6.29. The largest absolute Gasteiger partial charge is 0.378 e. The van der Waals surface area contributed by atoms with Gasteiger partial charge < -0.3 is 5.32 Å². The number of hydrogen-bond acceptors (Lipinski definition) is 1. The van der Waals surface area contributed by atoms with Crippen LogP contribution in [0.25, 0.3) is 0 Å². The van der Waals surface area contributed by atoms with Crippen LogP contribution in [0, 0.1) is 6.92 Å². The Hall–Kier alpha value is -0.990. The van der Waals surface area contributed by atoms with E-state index in [2.05, 4.69) is 52.4 Å². The van der Waals surface area contributed by atoms with Crippen LogP contribution in [0.4, 0.5) is 5.69 Å². The molecule has 1 nitrogen and oxygen atoms in total. The lowest BCUT2D eigenvalue weighted by molar-refractivity contribution is 0.761. The van der Waals surface area contributed by atoms with Gasteiger partial charge in [0, 0.05) is 15.2 Å². The first-order valence-electron chi connectivity index (χ1n) is 6.45. The summed E-state index contributed by atoms with van der Waals surface area (Å²) in [4.78, 5) is 0. The Balaban J connectivity index is 1.89. The van der Waals surface area contributed by atoms with Crippen LogP contribution in [-0.2, 0) is 6.42 Å². The molecule has 3 rings (SSSR count). The smallest absolute Gasteiger partial charge is 0.0520 e. The standard InChI is InChI=1S/C16H15BrClN/c1-10-9-11(18)5-7-15(10)19-16-8-6-12-13(16)3-2-4-14(12)17/h2-5,7,9,16,19H,6,8H2,1H3. The number of anilines is 1. The fraction of sp³-hybridized carbons (Fsp3) is 0.250. The second kappa shape index (κ2) is 5.18. The maximum Gasteiger partial charge on any atom is 0.0520 e. The summed E-state index contributed by atoms with van der Waals surface area (Å²) in [6, 6.07) is 12.8. The van der Waals surface area contributed by atoms with Crippen LogP contribution < -0.4 is 5.32 Å². The number of aryl methyl sites for hydroxylation is 1. The van der Waals surface area contributed by atoms with Gasteiger partial charge in [0.1, 0.15) is 0 Å². The van der Waals surface area contributed by atoms with E-state index in [0.717, 1.165) is 17.9 Å². The minimum absolute atomic E-state index is 0.396. The molecular weight excluding hydrogens is 322 g/mol. The van der Waals surface area contributed by atoms with Gasteiger partial charge in [-0.1, -0.05) is 39.7 Å². The third kappa shape index (κ3) is 2.52. The van der Waals surface area contributed by atoms with E-state index >= 15 is 0 Å². The maximum absolute atomic E-state index is 6.00. The van der Waals surface area contributed by atoms with Crippen molar-refractivity contribution in [1.29, 1.82) is 0 Å². The van der Waals surface area contributed by atoms with Crippen LogP contribution in [0.15, 0.2) is 40.9 Å². The van der Waals surface area contributed by atoms with Crippen LogP contribution in [-0.4, -0.2) is 0 Å². The highest BCUT2D eigenvalue weighted by Gasteiger charge is 2.24. The lowest BCUT2D eigenvalue weighted by atomic mass is 10.1. The lowest BCUT2D eigenvalue weighted by Gasteiger charge is -2.17. The van der Waals surface area contributed by atoms with Crippen molar-refractivity contribution in [2.24, 2.45) is 0 Å². The van der Waals surface area contributed by atoms with E-state index in [-0.39, 0.29) is 0 Å². The normalized spacial score (nSPS) is 17.3. The Kier molecular flexibility index (Phi) is 3.55. The molecule has 0 radical (unpaired) electrons. The Labute approximate surface area is 127 Å². The number of rotatable bonds is 2. The van der Waals surface area contributed by atoms with Crippen molar-refractivity contribution in [2.75, 3.05) is 5.32 Å². The molecule has 0 aromatic heterocycles. The van der Waals surface area contributed by atoms with Gasteiger partial charge in [-0.25, -0.2) is 0 Å². The van der Waals surface area contributed by atoms with Crippen LogP contribution >= 0.6 is 27.5 Å². The van der Waals surface area contributed by atoms with Gasteiger partial charge in [-0.15, -0.1) is 0 Å². The zero-order chi connectivity index (χ0) is 13.4. The highest BCUT2D eigenvalue weighted by molar-refractivity contribution is 9.10. The second-order valence-electron chi connectivity index (χ2n) is 5.00. The van der Waals surface area contributed by atoms with Gasteiger partial charge in [0.05, 0.1) is 6.04 Å². The summed E-state index contributed by atoms with van der Waals surface area (Å²) in [5.74, 6) is 0. The summed E-state index contributed by atoms with van der Waals surface area (Å²) >= 11 is 9.64. The number of halogens is 2. The van der Waals surface area contributed by atoms with Crippen LogP contribution in [0.5, 0.6) is 0 Å². The topological polar surface area (TPSA) is 12.0 Å². The molecule has 0 aliphatic heterocycles. The predicted octanol–water partition coefficient (Wildman–Crippen LogP) is 5.51. The minimum atomic E-state index is 0.396. The predicted molar refractivity (Wildman–Crippen MR) is 85.0 cm³/mol. The number of hydrogen-bond donors (Lipinski definition) is 1. The fourth-order valence-electron chi connectivity index (χ4n) is 2.74. The molecule has 19 heavy (non-hydrogen) atoms. The maximum atomic E-state index is 6.00. The van der Waals surface area contributed by atoms with Crippen LogP contribution in [0.2, 0.25) is 5.02 Å². The molecule has 1 N–H and O–H groups in total. The Bertz CT molecular complexity index is 624. The van der Waals surface area contributed by atoms with Gasteiger partial charge in [0.25, 0.3) is 0 Å². The molecule has 0 bridgehead atoms. The molecule has 2 aromatic carbocycles. The molecule has 0 fully saturated rings. The molecule has 0 spiro atoms. The van der Waals surface area contributed by atoms with Gasteiger partial charge in [0.2, 0.25) is 0 Å². The summed E-state index contributed by atoms with van der Waals surface area (Å²) in [5, 5.41) is 4.43. The molecule has 0 saturated heterocycles. The van der Waals surface area contributed by atoms with Crippen molar-refractivity contribution in [1.82, 2.24) is 0 Å². The van der Waals surface area contributed by atoms with E-state index in [1.165, 1.54) is 26.9 Å². The Morgan fingerprint density at radius 1 is 1.26 bits per heavy atom. The number of fused-ring (bicyclic) bond motifs is 1. The van der Waals surface area contributed by atoms with Crippen molar-refractivity contribution in [3.05, 3.63) is 62.6 Å².